The molecule has 0 amide bonds. The number of guanidine groups is 1. The number of rotatable bonds is 9. The van der Waals surface area contributed by atoms with Gasteiger partial charge in [0.2, 0.25) is 5.88 Å². The number of ether oxygens (including phenoxy) is 1. The topological polar surface area (TPSA) is 76.4 Å². The summed E-state index contributed by atoms with van der Waals surface area (Å²) >= 11 is 0. The van der Waals surface area contributed by atoms with Gasteiger partial charge in [0.05, 0.1) is 17.8 Å². The zero-order valence-corrected chi connectivity index (χ0v) is 19.6. The second-order valence-electron chi connectivity index (χ2n) is 6.42. The second kappa shape index (κ2) is 12.6. The number of alkyl halides is 3. The van der Waals surface area contributed by atoms with Crippen LogP contribution in [0.5, 0.6) is 5.88 Å². The average molecular weight is 540 g/mol. The SMILES string of the molecule is CCNC(=NCCCn1nc(C)cc1C)NCCOc1ccc(C(F)(F)F)cn1.I. The van der Waals surface area contributed by atoms with E-state index in [9.17, 15) is 13.2 Å². The van der Waals surface area contributed by atoms with Crippen molar-refractivity contribution in [3.05, 3.63) is 41.3 Å². The fraction of sp³-hybridized carbons (Fsp3) is 0.526. The Hall–Kier alpha value is -2.05. The predicted octanol–water partition coefficient (Wildman–Crippen LogP) is 3.56. The highest BCUT2D eigenvalue weighted by atomic mass is 127. The van der Waals surface area contributed by atoms with Gasteiger partial charge in [-0.1, -0.05) is 0 Å². The van der Waals surface area contributed by atoms with Gasteiger partial charge in [-0.3, -0.25) is 9.67 Å². The second-order valence-corrected chi connectivity index (χ2v) is 6.42. The number of pyridine rings is 1. The molecule has 0 fully saturated rings. The third kappa shape index (κ3) is 8.76. The Labute approximate surface area is 191 Å². The Morgan fingerprint density at radius 2 is 2.00 bits per heavy atom. The van der Waals surface area contributed by atoms with E-state index in [-0.39, 0.29) is 36.5 Å². The van der Waals surface area contributed by atoms with Crippen LogP contribution in [0.3, 0.4) is 0 Å². The van der Waals surface area contributed by atoms with Crippen molar-refractivity contribution in [3.63, 3.8) is 0 Å². The van der Waals surface area contributed by atoms with Gasteiger partial charge < -0.3 is 15.4 Å². The first-order valence-electron chi connectivity index (χ1n) is 9.49. The van der Waals surface area contributed by atoms with E-state index in [2.05, 4.69) is 25.7 Å². The van der Waals surface area contributed by atoms with Gasteiger partial charge in [-0.05, 0) is 39.3 Å². The van der Waals surface area contributed by atoms with Crippen LogP contribution in [0.1, 0.15) is 30.3 Å². The van der Waals surface area contributed by atoms with E-state index >= 15 is 0 Å². The molecule has 168 valence electrons. The molecule has 0 aliphatic heterocycles. The molecule has 0 atom stereocenters. The molecule has 2 aromatic heterocycles. The summed E-state index contributed by atoms with van der Waals surface area (Å²) in [6.07, 6.45) is -2.79. The van der Waals surface area contributed by atoms with Gasteiger partial charge >= 0.3 is 6.18 Å². The van der Waals surface area contributed by atoms with Gasteiger partial charge in [0.1, 0.15) is 6.61 Å². The van der Waals surface area contributed by atoms with Crippen LogP contribution in [0.15, 0.2) is 29.4 Å². The summed E-state index contributed by atoms with van der Waals surface area (Å²) in [5.74, 6) is 0.802. The van der Waals surface area contributed by atoms with Crippen molar-refractivity contribution in [2.45, 2.75) is 39.9 Å². The van der Waals surface area contributed by atoms with Crippen molar-refractivity contribution in [1.82, 2.24) is 25.4 Å². The van der Waals surface area contributed by atoms with Crippen molar-refractivity contribution in [2.24, 2.45) is 4.99 Å². The quantitative estimate of drug-likeness (QED) is 0.220. The summed E-state index contributed by atoms with van der Waals surface area (Å²) < 4.78 is 44.9. The molecule has 2 rings (SSSR count). The Balaban J connectivity index is 0.00000450. The number of hydrogen-bond donors (Lipinski definition) is 2. The van der Waals surface area contributed by atoms with Crippen LogP contribution in [0.4, 0.5) is 13.2 Å². The molecule has 2 N–H and O–H groups in total. The van der Waals surface area contributed by atoms with Crippen molar-refractivity contribution in [1.29, 1.82) is 0 Å². The van der Waals surface area contributed by atoms with Gasteiger partial charge in [-0.25, -0.2) is 4.98 Å². The molecule has 0 saturated carbocycles. The first-order chi connectivity index (χ1) is 13.8. The normalized spacial score (nSPS) is 11.7. The maximum Gasteiger partial charge on any atom is 0.417 e. The summed E-state index contributed by atoms with van der Waals surface area (Å²) in [5.41, 5.74) is 1.33. The lowest BCUT2D eigenvalue weighted by molar-refractivity contribution is -0.137. The van der Waals surface area contributed by atoms with Crippen molar-refractivity contribution >= 4 is 29.9 Å². The number of aliphatic imine (C=N–C) groups is 1. The third-order valence-electron chi connectivity index (χ3n) is 3.95. The standard InChI is InChI=1S/C19H27F3N6O.HI/c1-4-23-18(24-8-5-10-28-15(3)12-14(2)27-28)25-9-11-29-17-7-6-16(13-26-17)19(20,21)22;/h6-7,12-13H,4-5,8-11H2,1-3H3,(H2,23,24,25);1H. The minimum Gasteiger partial charge on any atom is -0.476 e. The lowest BCUT2D eigenvalue weighted by Crippen LogP contribution is -2.39. The molecule has 0 aliphatic carbocycles. The molecule has 0 radical (unpaired) electrons. The monoisotopic (exact) mass is 540 g/mol. The highest BCUT2D eigenvalue weighted by Gasteiger charge is 2.30. The van der Waals surface area contributed by atoms with Crippen LogP contribution in [0, 0.1) is 13.8 Å². The van der Waals surface area contributed by atoms with E-state index in [1.165, 1.54) is 6.07 Å². The summed E-state index contributed by atoms with van der Waals surface area (Å²) in [6, 6.07) is 4.20. The molecule has 7 nitrogen and oxygen atoms in total. The molecule has 0 saturated heterocycles. The van der Waals surface area contributed by atoms with Crippen molar-refractivity contribution in [3.8, 4) is 5.88 Å². The maximum absolute atomic E-state index is 12.5. The fourth-order valence-corrected chi connectivity index (χ4v) is 2.61. The summed E-state index contributed by atoms with van der Waals surface area (Å²) in [4.78, 5) is 8.18. The van der Waals surface area contributed by atoms with Crippen molar-refractivity contribution in [2.75, 3.05) is 26.2 Å². The Morgan fingerprint density at radius 1 is 1.23 bits per heavy atom. The minimum atomic E-state index is -4.40. The molecule has 0 spiro atoms. The summed E-state index contributed by atoms with van der Waals surface area (Å²) in [5, 5.41) is 10.7. The lowest BCUT2D eigenvalue weighted by atomic mass is 10.3. The van der Waals surface area contributed by atoms with E-state index in [0.717, 1.165) is 36.6 Å². The van der Waals surface area contributed by atoms with E-state index in [1.807, 2.05) is 31.5 Å². The molecule has 30 heavy (non-hydrogen) atoms. The Bertz CT molecular complexity index is 793. The van der Waals surface area contributed by atoms with Gasteiger partial charge in [0.15, 0.2) is 5.96 Å². The largest absolute Gasteiger partial charge is 0.476 e. The number of nitrogens with zero attached hydrogens (tertiary/aromatic N) is 4. The molecular formula is C19H28F3IN6O. The number of aryl methyl sites for hydroxylation is 3. The van der Waals surface area contributed by atoms with Crippen molar-refractivity contribution < 1.29 is 17.9 Å². The van der Waals surface area contributed by atoms with Gasteiger partial charge in [-0.2, -0.15) is 18.3 Å². The third-order valence-corrected chi connectivity index (χ3v) is 3.95. The first-order valence-corrected chi connectivity index (χ1v) is 9.49. The lowest BCUT2D eigenvalue weighted by Gasteiger charge is -2.12. The Morgan fingerprint density at radius 3 is 2.57 bits per heavy atom. The molecule has 0 aromatic carbocycles. The van der Waals surface area contributed by atoms with Crippen LogP contribution < -0.4 is 15.4 Å². The number of hydrogen-bond acceptors (Lipinski definition) is 4. The highest BCUT2D eigenvalue weighted by molar-refractivity contribution is 14.0. The minimum absolute atomic E-state index is 0. The summed E-state index contributed by atoms with van der Waals surface area (Å²) in [6.45, 7) is 8.79. The van der Waals surface area contributed by atoms with Crippen LogP contribution in [0.25, 0.3) is 0 Å². The molecule has 2 heterocycles. The van der Waals surface area contributed by atoms with Crippen LogP contribution in [0.2, 0.25) is 0 Å². The molecular weight excluding hydrogens is 512 g/mol. The van der Waals surface area contributed by atoms with Crippen LogP contribution >= 0.6 is 24.0 Å². The molecule has 11 heteroatoms. The first kappa shape index (κ1) is 26.0. The molecule has 0 bridgehead atoms. The number of nitrogens with one attached hydrogen (secondary N) is 2. The number of aromatic nitrogens is 3. The van der Waals surface area contributed by atoms with E-state index in [0.29, 0.717) is 25.6 Å². The molecule has 0 unspecified atom stereocenters. The van der Waals surface area contributed by atoms with Crippen LogP contribution in [-0.2, 0) is 12.7 Å². The van der Waals surface area contributed by atoms with Gasteiger partial charge in [0.25, 0.3) is 0 Å². The zero-order valence-electron chi connectivity index (χ0n) is 17.3. The predicted molar refractivity (Wildman–Crippen MR) is 120 cm³/mol. The molecule has 2 aromatic rings. The zero-order chi connectivity index (χ0) is 21.3. The van der Waals surface area contributed by atoms with E-state index in [1.54, 1.807) is 0 Å². The number of halogens is 4. The Kier molecular flexibility index (Phi) is 10.9. The molecule has 0 aliphatic rings. The van der Waals surface area contributed by atoms with Crippen LogP contribution in [-0.4, -0.2) is 47.0 Å². The van der Waals surface area contributed by atoms with Gasteiger partial charge in [0, 0.05) is 37.6 Å². The average Bonchev–Trinajstić information content (AvgIpc) is 2.99. The fourth-order valence-electron chi connectivity index (χ4n) is 2.61. The summed E-state index contributed by atoms with van der Waals surface area (Å²) in [7, 11) is 0. The highest BCUT2D eigenvalue weighted by Crippen LogP contribution is 2.29. The van der Waals surface area contributed by atoms with E-state index in [4.69, 9.17) is 4.74 Å². The smallest absolute Gasteiger partial charge is 0.417 e. The maximum atomic E-state index is 12.5. The van der Waals surface area contributed by atoms with Gasteiger partial charge in [-0.15, -0.1) is 24.0 Å². The van der Waals surface area contributed by atoms with E-state index < -0.39 is 11.7 Å².